The van der Waals surface area contributed by atoms with Gasteiger partial charge in [-0.2, -0.15) is 0 Å². The van der Waals surface area contributed by atoms with E-state index in [1.165, 1.54) is 23.1 Å². The lowest BCUT2D eigenvalue weighted by atomic mass is 9.98. The molecule has 1 unspecified atom stereocenters. The number of rotatable bonds is 6. The molecule has 1 N–H and O–H groups in total. The topological polar surface area (TPSA) is 66.8 Å². The highest BCUT2D eigenvalue weighted by molar-refractivity contribution is 5.81. The van der Waals surface area contributed by atoms with Crippen LogP contribution in [0.25, 0.3) is 11.1 Å². The van der Waals surface area contributed by atoms with Crippen molar-refractivity contribution in [3.63, 3.8) is 0 Å². The van der Waals surface area contributed by atoms with Gasteiger partial charge in [0.05, 0.1) is 0 Å². The molecule has 0 radical (unpaired) electrons. The maximum absolute atomic E-state index is 12.5. The van der Waals surface area contributed by atoms with E-state index >= 15 is 0 Å². The molecule has 1 saturated carbocycles. The van der Waals surface area contributed by atoms with Crippen molar-refractivity contribution < 1.29 is 19.4 Å². The van der Waals surface area contributed by atoms with Crippen molar-refractivity contribution in [3.8, 4) is 11.1 Å². The number of carbonyl (C=O) groups is 2. The van der Waals surface area contributed by atoms with E-state index in [1.807, 2.05) is 24.3 Å². The van der Waals surface area contributed by atoms with E-state index in [0.717, 1.165) is 24.0 Å². The highest BCUT2D eigenvalue weighted by Crippen LogP contribution is 2.44. The van der Waals surface area contributed by atoms with Crippen LogP contribution in [-0.2, 0) is 9.53 Å². The van der Waals surface area contributed by atoms with Gasteiger partial charge in [-0.1, -0.05) is 61.4 Å². The highest BCUT2D eigenvalue weighted by Gasteiger charge is 2.35. The Bertz CT molecular complexity index is 829. The van der Waals surface area contributed by atoms with E-state index in [9.17, 15) is 14.7 Å². The second-order valence-electron chi connectivity index (χ2n) is 7.45. The molecule has 0 spiro atoms. The lowest BCUT2D eigenvalue weighted by Gasteiger charge is -2.25. The molecule has 4 rings (SSSR count). The quantitative estimate of drug-likeness (QED) is 0.836. The first kappa shape index (κ1) is 17.6. The summed E-state index contributed by atoms with van der Waals surface area (Å²) in [5.41, 5.74) is 4.61. The summed E-state index contributed by atoms with van der Waals surface area (Å²) in [5, 5.41) is 9.46. The normalized spacial score (nSPS) is 16.3. The zero-order chi connectivity index (χ0) is 19.0. The summed E-state index contributed by atoms with van der Waals surface area (Å²) in [6.45, 7) is 0.201. The molecule has 27 heavy (non-hydrogen) atoms. The van der Waals surface area contributed by atoms with Gasteiger partial charge in [0.25, 0.3) is 0 Å². The summed E-state index contributed by atoms with van der Waals surface area (Å²) in [4.78, 5) is 25.3. The van der Waals surface area contributed by atoms with E-state index < -0.39 is 18.1 Å². The van der Waals surface area contributed by atoms with Gasteiger partial charge < -0.3 is 9.84 Å². The summed E-state index contributed by atoms with van der Waals surface area (Å²) < 4.78 is 5.56. The van der Waals surface area contributed by atoms with Gasteiger partial charge in [-0.25, -0.2) is 9.59 Å². The smallest absolute Gasteiger partial charge is 0.410 e. The number of likely N-dealkylation sites (N-methyl/N-ethyl adjacent to an activating group) is 1. The van der Waals surface area contributed by atoms with Crippen molar-refractivity contribution >= 4 is 12.1 Å². The number of nitrogens with zero attached hydrogens (tertiary/aromatic N) is 1. The van der Waals surface area contributed by atoms with Crippen molar-refractivity contribution in [2.75, 3.05) is 13.7 Å². The van der Waals surface area contributed by atoms with Gasteiger partial charge in [-0.15, -0.1) is 0 Å². The van der Waals surface area contributed by atoms with Gasteiger partial charge in [-0.05, 0) is 34.6 Å². The fourth-order valence-corrected chi connectivity index (χ4v) is 3.92. The van der Waals surface area contributed by atoms with E-state index in [-0.39, 0.29) is 12.5 Å². The van der Waals surface area contributed by atoms with Crippen LogP contribution in [0.4, 0.5) is 4.79 Å². The van der Waals surface area contributed by atoms with Crippen molar-refractivity contribution in [1.82, 2.24) is 4.90 Å². The molecule has 5 heteroatoms. The standard InChI is InChI=1S/C22H23NO4/c1-23(20(21(24)25)12-14-10-11-14)22(26)27-13-19-17-8-4-2-6-15(17)16-7-3-5-9-18(16)19/h2-9,14,19-20H,10-13H2,1H3,(H,24,25). The van der Waals surface area contributed by atoms with Crippen molar-refractivity contribution in [2.45, 2.75) is 31.2 Å². The molecule has 2 aliphatic rings. The number of carboxylic acids is 1. The molecule has 2 aromatic carbocycles. The predicted octanol–water partition coefficient (Wildman–Crippen LogP) is 4.12. The number of benzene rings is 2. The average Bonchev–Trinajstić information content (AvgIpc) is 3.45. The first-order chi connectivity index (χ1) is 13.1. The van der Waals surface area contributed by atoms with E-state index in [0.29, 0.717) is 12.3 Å². The Morgan fingerprint density at radius 3 is 2.15 bits per heavy atom. The lowest BCUT2D eigenvalue weighted by molar-refractivity contribution is -0.142. The van der Waals surface area contributed by atoms with Gasteiger partial charge in [0, 0.05) is 13.0 Å². The Morgan fingerprint density at radius 2 is 1.63 bits per heavy atom. The Labute approximate surface area is 158 Å². The summed E-state index contributed by atoms with van der Waals surface area (Å²) in [5.74, 6) is -0.589. The molecular formula is C22H23NO4. The third-order valence-electron chi connectivity index (χ3n) is 5.63. The number of amides is 1. The van der Waals surface area contributed by atoms with Crippen molar-refractivity contribution in [2.24, 2.45) is 5.92 Å². The van der Waals surface area contributed by atoms with Crippen LogP contribution in [0.15, 0.2) is 48.5 Å². The average molecular weight is 365 g/mol. The molecule has 0 heterocycles. The maximum Gasteiger partial charge on any atom is 0.410 e. The summed E-state index contributed by atoms with van der Waals surface area (Å²) in [6, 6.07) is 15.4. The first-order valence-corrected chi connectivity index (χ1v) is 9.37. The molecular weight excluding hydrogens is 342 g/mol. The maximum atomic E-state index is 12.5. The SMILES string of the molecule is CN(C(=O)OCC1c2ccccc2-c2ccccc21)C(CC1CC1)C(=O)O. The number of carboxylic acid groups (broad SMARTS) is 1. The molecule has 2 aromatic rings. The number of aliphatic carboxylic acids is 1. The van der Waals surface area contributed by atoms with Crippen LogP contribution in [0.5, 0.6) is 0 Å². The minimum absolute atomic E-state index is 0.0264. The monoisotopic (exact) mass is 365 g/mol. The van der Waals surface area contributed by atoms with Crippen LogP contribution < -0.4 is 0 Å². The largest absolute Gasteiger partial charge is 0.480 e. The summed E-state index contributed by atoms with van der Waals surface area (Å²) in [6.07, 6.45) is 2.01. The Kier molecular flexibility index (Phi) is 4.60. The zero-order valence-electron chi connectivity index (χ0n) is 15.3. The second-order valence-corrected chi connectivity index (χ2v) is 7.45. The van der Waals surface area contributed by atoms with Crippen molar-refractivity contribution in [1.29, 1.82) is 0 Å². The lowest BCUT2D eigenvalue weighted by Crippen LogP contribution is -2.43. The van der Waals surface area contributed by atoms with Gasteiger partial charge >= 0.3 is 12.1 Å². The fraction of sp³-hybridized carbons (Fsp3) is 0.364. The minimum atomic E-state index is -0.974. The zero-order valence-corrected chi connectivity index (χ0v) is 15.3. The van der Waals surface area contributed by atoms with Crippen LogP contribution in [0.3, 0.4) is 0 Å². The second kappa shape index (κ2) is 7.06. The molecule has 0 saturated heterocycles. The summed E-state index contributed by atoms with van der Waals surface area (Å²) >= 11 is 0. The third-order valence-corrected chi connectivity index (χ3v) is 5.63. The van der Waals surface area contributed by atoms with E-state index in [4.69, 9.17) is 4.74 Å². The summed E-state index contributed by atoms with van der Waals surface area (Å²) in [7, 11) is 1.51. The predicted molar refractivity (Wildman–Crippen MR) is 102 cm³/mol. The van der Waals surface area contributed by atoms with Crippen LogP contribution >= 0.6 is 0 Å². The van der Waals surface area contributed by atoms with Crippen LogP contribution in [0.1, 0.15) is 36.3 Å². The van der Waals surface area contributed by atoms with Gasteiger partial charge in [-0.3, -0.25) is 4.90 Å². The van der Waals surface area contributed by atoms with Crippen molar-refractivity contribution in [3.05, 3.63) is 59.7 Å². The Morgan fingerprint density at radius 1 is 1.07 bits per heavy atom. The van der Waals surface area contributed by atoms with Crippen LogP contribution in [0.2, 0.25) is 0 Å². The molecule has 0 aliphatic heterocycles. The molecule has 1 fully saturated rings. The first-order valence-electron chi connectivity index (χ1n) is 9.37. The number of carbonyl (C=O) groups excluding carboxylic acids is 1. The van der Waals surface area contributed by atoms with Gasteiger partial charge in [0.1, 0.15) is 12.6 Å². The highest BCUT2D eigenvalue weighted by atomic mass is 16.6. The molecule has 1 amide bonds. The number of hydrogen-bond acceptors (Lipinski definition) is 3. The number of ether oxygens (including phenoxy) is 1. The van der Waals surface area contributed by atoms with Gasteiger partial charge in [0.15, 0.2) is 0 Å². The van der Waals surface area contributed by atoms with Crippen LogP contribution in [-0.4, -0.2) is 41.8 Å². The Hall–Kier alpha value is -2.82. The number of fused-ring (bicyclic) bond motifs is 3. The Balaban J connectivity index is 1.48. The van der Waals surface area contributed by atoms with E-state index in [2.05, 4.69) is 24.3 Å². The van der Waals surface area contributed by atoms with Crippen LogP contribution in [0, 0.1) is 5.92 Å². The molecule has 0 bridgehead atoms. The minimum Gasteiger partial charge on any atom is -0.480 e. The van der Waals surface area contributed by atoms with Gasteiger partial charge in [0.2, 0.25) is 0 Å². The molecule has 1 atom stereocenters. The fourth-order valence-electron chi connectivity index (χ4n) is 3.92. The third kappa shape index (κ3) is 3.42. The molecule has 2 aliphatic carbocycles. The molecule has 5 nitrogen and oxygen atoms in total. The molecule has 140 valence electrons. The van der Waals surface area contributed by atoms with E-state index in [1.54, 1.807) is 0 Å². The molecule has 0 aromatic heterocycles. The number of hydrogen-bond donors (Lipinski definition) is 1.